The highest BCUT2D eigenvalue weighted by molar-refractivity contribution is 7.22. The van der Waals surface area contributed by atoms with Crippen LogP contribution in [0.4, 0.5) is 10.8 Å². The first kappa shape index (κ1) is 24.0. The molecule has 2 aromatic carbocycles. The van der Waals surface area contributed by atoms with Gasteiger partial charge >= 0.3 is 0 Å². The number of carbonyl (C=O) groups is 1. The van der Waals surface area contributed by atoms with Crippen LogP contribution in [0.25, 0.3) is 10.2 Å². The fourth-order valence-corrected chi connectivity index (χ4v) is 4.26. The number of halogens is 2. The molecular formula is C20H22Cl2N4O3S. The average Bonchev–Trinajstić information content (AvgIpc) is 3.05. The number of thiazole rings is 1. The highest BCUT2D eigenvalue weighted by Gasteiger charge is 2.28. The van der Waals surface area contributed by atoms with E-state index in [1.165, 1.54) is 34.4 Å². The number of nitro groups is 1. The van der Waals surface area contributed by atoms with Crippen molar-refractivity contribution in [1.29, 1.82) is 0 Å². The summed E-state index contributed by atoms with van der Waals surface area (Å²) in [5.41, 5.74) is 2.66. The second kappa shape index (κ2) is 9.70. The molecule has 0 bridgehead atoms. The van der Waals surface area contributed by atoms with Gasteiger partial charge in [-0.15, -0.1) is 12.4 Å². The molecular weight excluding hydrogens is 447 g/mol. The van der Waals surface area contributed by atoms with E-state index >= 15 is 0 Å². The molecule has 0 unspecified atom stereocenters. The molecule has 0 N–H and O–H groups in total. The number of aryl methyl sites for hydroxylation is 2. The molecule has 0 radical (unpaired) electrons. The van der Waals surface area contributed by atoms with E-state index in [1.54, 1.807) is 0 Å². The Balaban J connectivity index is 0.00000320. The van der Waals surface area contributed by atoms with E-state index in [-0.39, 0.29) is 28.7 Å². The normalized spacial score (nSPS) is 10.9. The molecule has 3 aromatic rings. The minimum absolute atomic E-state index is 0. The first-order valence-corrected chi connectivity index (χ1v) is 10.1. The van der Waals surface area contributed by atoms with Crippen LogP contribution in [-0.2, 0) is 0 Å². The van der Waals surface area contributed by atoms with Crippen LogP contribution < -0.4 is 4.90 Å². The zero-order valence-electron chi connectivity index (χ0n) is 17.0. The third kappa shape index (κ3) is 5.07. The van der Waals surface area contributed by atoms with Gasteiger partial charge in [-0.05, 0) is 57.3 Å². The molecule has 10 heteroatoms. The number of amides is 1. The Hall–Kier alpha value is -2.26. The third-order valence-electron chi connectivity index (χ3n) is 4.44. The zero-order chi connectivity index (χ0) is 21.3. The number of nitrogens with zero attached hydrogens (tertiary/aromatic N) is 4. The molecule has 3 rings (SSSR count). The highest BCUT2D eigenvalue weighted by atomic mass is 35.5. The van der Waals surface area contributed by atoms with Gasteiger partial charge in [-0.25, -0.2) is 4.98 Å². The number of benzene rings is 2. The van der Waals surface area contributed by atoms with Crippen molar-refractivity contribution < 1.29 is 9.72 Å². The molecule has 1 heterocycles. The smallest absolute Gasteiger partial charge is 0.282 e. The summed E-state index contributed by atoms with van der Waals surface area (Å²) in [5.74, 6) is -0.491. The molecule has 0 spiro atoms. The number of hydrogen-bond acceptors (Lipinski definition) is 6. The van der Waals surface area contributed by atoms with Crippen molar-refractivity contribution in [3.05, 3.63) is 62.2 Å². The van der Waals surface area contributed by atoms with Crippen LogP contribution in [0.5, 0.6) is 0 Å². The van der Waals surface area contributed by atoms with Gasteiger partial charge in [-0.1, -0.05) is 29.0 Å². The monoisotopic (exact) mass is 468 g/mol. The number of hydrogen-bond donors (Lipinski definition) is 0. The summed E-state index contributed by atoms with van der Waals surface area (Å²) in [7, 11) is 3.80. The van der Waals surface area contributed by atoms with Crippen molar-refractivity contribution in [2.75, 3.05) is 32.1 Å². The van der Waals surface area contributed by atoms with Crippen LogP contribution in [0.3, 0.4) is 0 Å². The fraction of sp³-hybridized carbons (Fsp3) is 0.300. The van der Waals surface area contributed by atoms with Gasteiger partial charge in [0.05, 0.1) is 15.1 Å². The number of fused-ring (bicyclic) bond motifs is 1. The molecule has 0 saturated heterocycles. The van der Waals surface area contributed by atoms with Crippen molar-refractivity contribution in [3.8, 4) is 0 Å². The Morgan fingerprint density at radius 2 is 1.90 bits per heavy atom. The lowest BCUT2D eigenvalue weighted by atomic mass is 10.1. The second-order valence-corrected chi connectivity index (χ2v) is 8.52. The average molecular weight is 469 g/mol. The second-order valence-electron chi connectivity index (χ2n) is 7.11. The standard InChI is InChI=1S/C20H21ClN4O3S.ClH/c1-12-9-13(2)18-16(10-12)22-20(29-18)24(8-7-23(3)4)19(26)15-11-14(21)5-6-17(15)25(27)28;/h5-6,9-11H,7-8H2,1-4H3;1H. The van der Waals surface area contributed by atoms with Gasteiger partial charge in [0.25, 0.3) is 11.6 Å². The minimum atomic E-state index is -0.570. The first-order valence-electron chi connectivity index (χ1n) is 8.95. The summed E-state index contributed by atoms with van der Waals surface area (Å²) < 4.78 is 0.994. The van der Waals surface area contributed by atoms with Crippen molar-refractivity contribution >= 4 is 62.3 Å². The maximum atomic E-state index is 13.4. The maximum absolute atomic E-state index is 13.4. The number of aromatic nitrogens is 1. The third-order valence-corrected chi connectivity index (χ3v) is 5.91. The van der Waals surface area contributed by atoms with E-state index in [0.29, 0.717) is 18.2 Å². The Morgan fingerprint density at radius 1 is 1.20 bits per heavy atom. The van der Waals surface area contributed by atoms with E-state index in [1.807, 2.05) is 38.9 Å². The summed E-state index contributed by atoms with van der Waals surface area (Å²) in [4.78, 5) is 32.4. The lowest BCUT2D eigenvalue weighted by Crippen LogP contribution is -2.37. The minimum Gasteiger partial charge on any atom is -0.308 e. The summed E-state index contributed by atoms with van der Waals surface area (Å²) in [6.07, 6.45) is 0. The van der Waals surface area contributed by atoms with Crippen LogP contribution in [0.15, 0.2) is 30.3 Å². The van der Waals surface area contributed by atoms with Gasteiger partial charge in [0.1, 0.15) is 5.56 Å². The zero-order valence-corrected chi connectivity index (χ0v) is 19.4. The molecule has 0 aliphatic carbocycles. The van der Waals surface area contributed by atoms with Crippen LogP contribution in [0, 0.1) is 24.0 Å². The summed E-state index contributed by atoms with van der Waals surface area (Å²) in [6, 6.07) is 8.04. The van der Waals surface area contributed by atoms with Crippen molar-refractivity contribution in [2.24, 2.45) is 0 Å². The topological polar surface area (TPSA) is 79.6 Å². The van der Waals surface area contributed by atoms with Crippen LogP contribution in [-0.4, -0.2) is 47.9 Å². The number of anilines is 1. The Labute approximate surface area is 189 Å². The molecule has 0 aliphatic heterocycles. The van der Waals surface area contributed by atoms with Crippen molar-refractivity contribution in [3.63, 3.8) is 0 Å². The number of carbonyl (C=O) groups excluding carboxylic acids is 1. The van der Waals surface area contributed by atoms with Gasteiger partial charge in [-0.2, -0.15) is 0 Å². The Bertz CT molecular complexity index is 1100. The van der Waals surface area contributed by atoms with E-state index in [4.69, 9.17) is 11.6 Å². The number of nitro benzene ring substituents is 1. The molecule has 7 nitrogen and oxygen atoms in total. The highest BCUT2D eigenvalue weighted by Crippen LogP contribution is 2.34. The van der Waals surface area contributed by atoms with E-state index in [0.717, 1.165) is 21.3 Å². The van der Waals surface area contributed by atoms with Crippen LogP contribution in [0.1, 0.15) is 21.5 Å². The molecule has 0 saturated carbocycles. The van der Waals surface area contributed by atoms with E-state index < -0.39 is 10.8 Å². The van der Waals surface area contributed by atoms with Gasteiger partial charge in [-0.3, -0.25) is 19.8 Å². The predicted octanol–water partition coefficient (Wildman–Crippen LogP) is 5.10. The quantitative estimate of drug-likeness (QED) is 0.371. The summed E-state index contributed by atoms with van der Waals surface area (Å²) in [5, 5.41) is 12.2. The molecule has 0 atom stereocenters. The van der Waals surface area contributed by atoms with Gasteiger partial charge in [0, 0.05) is 24.2 Å². The van der Waals surface area contributed by atoms with Crippen LogP contribution in [0.2, 0.25) is 5.02 Å². The largest absolute Gasteiger partial charge is 0.308 e. The SMILES string of the molecule is Cc1cc(C)c2sc(N(CCN(C)C)C(=O)c3cc(Cl)ccc3[N+](=O)[O-])nc2c1.Cl. The van der Waals surface area contributed by atoms with E-state index in [2.05, 4.69) is 11.1 Å². The molecule has 160 valence electrons. The maximum Gasteiger partial charge on any atom is 0.282 e. The summed E-state index contributed by atoms with van der Waals surface area (Å²) >= 11 is 7.44. The molecule has 30 heavy (non-hydrogen) atoms. The van der Waals surface area contributed by atoms with Crippen molar-refractivity contribution in [2.45, 2.75) is 13.8 Å². The number of likely N-dealkylation sites (N-methyl/N-ethyl adjacent to an activating group) is 1. The molecule has 0 fully saturated rings. The molecule has 1 aromatic heterocycles. The van der Waals surface area contributed by atoms with E-state index in [9.17, 15) is 14.9 Å². The lowest BCUT2D eigenvalue weighted by Gasteiger charge is -2.22. The van der Waals surface area contributed by atoms with Gasteiger partial charge < -0.3 is 4.90 Å². The first-order chi connectivity index (χ1) is 13.7. The van der Waals surface area contributed by atoms with Crippen molar-refractivity contribution in [1.82, 2.24) is 9.88 Å². The molecule has 0 aliphatic rings. The van der Waals surface area contributed by atoms with Gasteiger partial charge in [0.2, 0.25) is 0 Å². The lowest BCUT2D eigenvalue weighted by molar-refractivity contribution is -0.385. The predicted molar refractivity (Wildman–Crippen MR) is 125 cm³/mol. The molecule has 1 amide bonds. The number of rotatable bonds is 6. The Kier molecular flexibility index (Phi) is 7.76. The van der Waals surface area contributed by atoms with Gasteiger partial charge in [0.15, 0.2) is 5.13 Å². The van der Waals surface area contributed by atoms with Crippen LogP contribution >= 0.6 is 35.3 Å². The fourth-order valence-electron chi connectivity index (χ4n) is 3.05. The summed E-state index contributed by atoms with van der Waals surface area (Å²) in [6.45, 7) is 4.92. The Morgan fingerprint density at radius 3 is 2.53 bits per heavy atom.